The summed E-state index contributed by atoms with van der Waals surface area (Å²) in [6, 6.07) is 8.97. The topological polar surface area (TPSA) is 51.0 Å². The molecule has 4 nitrogen and oxygen atoms in total. The molecule has 0 spiro atoms. The number of aryl methyl sites for hydroxylation is 1. The van der Waals surface area contributed by atoms with Crippen LogP contribution in [-0.4, -0.2) is 11.3 Å². The average molecular weight is 569 g/mol. The van der Waals surface area contributed by atoms with Crippen LogP contribution in [0.3, 0.4) is 0 Å². The summed E-state index contributed by atoms with van der Waals surface area (Å²) < 4.78 is 113. The summed E-state index contributed by atoms with van der Waals surface area (Å²) in [5.41, 5.74) is -3.82. The third kappa shape index (κ3) is 4.99. The maximum absolute atomic E-state index is 14.2. The minimum Gasteiger partial charge on any atom is -0.496 e. The molecule has 0 saturated carbocycles. The van der Waals surface area contributed by atoms with Crippen molar-refractivity contribution in [1.29, 1.82) is 0 Å². The van der Waals surface area contributed by atoms with Gasteiger partial charge in [-0.15, -0.1) is 10.2 Å². The monoisotopic (exact) mass is 568 g/mol. The Balaban J connectivity index is 2.17. The highest BCUT2D eigenvalue weighted by Gasteiger charge is 2.42. The van der Waals surface area contributed by atoms with Gasteiger partial charge in [-0.3, -0.25) is 0 Å². The van der Waals surface area contributed by atoms with E-state index in [4.69, 9.17) is 4.74 Å². The lowest BCUT2D eigenvalue weighted by molar-refractivity contribution is -0.143. The Labute approximate surface area is 199 Å². The Morgan fingerprint density at radius 3 is 1.97 bits per heavy atom. The molecule has 13 heteroatoms. The lowest BCUT2D eigenvalue weighted by Gasteiger charge is -2.12. The first-order valence-electron chi connectivity index (χ1n) is 9.07. The van der Waals surface area contributed by atoms with Gasteiger partial charge in [0.25, 0.3) is 0 Å². The van der Waals surface area contributed by atoms with E-state index in [0.29, 0.717) is 4.90 Å². The Hall–Kier alpha value is -2.80. The largest absolute Gasteiger partial charge is 0.496 e. The van der Waals surface area contributed by atoms with Crippen molar-refractivity contribution in [3.05, 3.63) is 75.3 Å². The van der Waals surface area contributed by atoms with Crippen LogP contribution in [0.5, 0.6) is 5.75 Å². The Kier molecular flexibility index (Phi) is 7.46. The summed E-state index contributed by atoms with van der Waals surface area (Å²) in [5.74, 6) is -9.90. The highest BCUT2D eigenvalue weighted by molar-refractivity contribution is 9.10. The van der Waals surface area contributed by atoms with Gasteiger partial charge in [-0.1, -0.05) is 17.7 Å². The van der Waals surface area contributed by atoms with Crippen LogP contribution in [0, 0.1) is 30.2 Å². The molecule has 3 aromatic rings. The fourth-order valence-electron chi connectivity index (χ4n) is 2.76. The van der Waals surface area contributed by atoms with Crippen molar-refractivity contribution < 1.29 is 39.7 Å². The van der Waals surface area contributed by atoms with E-state index in [1.165, 1.54) is 19.2 Å². The van der Waals surface area contributed by atoms with E-state index < -0.39 is 51.5 Å². The molecular weight excluding hydrogens is 557 g/mol. The molecule has 0 bridgehead atoms. The van der Waals surface area contributed by atoms with E-state index in [2.05, 4.69) is 26.2 Å². The summed E-state index contributed by atoms with van der Waals surface area (Å²) >= 11 is 3.15. The van der Waals surface area contributed by atoms with Gasteiger partial charge in [-0.05, 0) is 41.1 Å². The molecule has 0 fully saturated rings. The van der Waals surface area contributed by atoms with Crippen LogP contribution >= 0.6 is 15.9 Å². The first kappa shape index (κ1) is 25.8. The van der Waals surface area contributed by atoms with Gasteiger partial charge in [-0.25, -0.2) is 21.8 Å². The van der Waals surface area contributed by atoms with Gasteiger partial charge in [0.05, 0.1) is 27.3 Å². The van der Waals surface area contributed by atoms with Gasteiger partial charge in [0, 0.05) is 11.0 Å². The van der Waals surface area contributed by atoms with E-state index in [1.54, 1.807) is 31.2 Å². The third-order valence-electron chi connectivity index (χ3n) is 4.45. The Bertz CT molecular complexity index is 1280. The van der Waals surface area contributed by atoms with Crippen molar-refractivity contribution in [3.63, 3.8) is 0 Å². The molecule has 180 valence electrons. The van der Waals surface area contributed by atoms with Crippen LogP contribution in [0.1, 0.15) is 11.1 Å². The van der Waals surface area contributed by atoms with Crippen molar-refractivity contribution in [1.82, 2.24) is 0 Å². The van der Waals surface area contributed by atoms with Gasteiger partial charge in [0.15, 0.2) is 29.0 Å². The first-order valence-corrected chi connectivity index (χ1v) is 11.0. The average Bonchev–Trinajstić information content (AvgIpc) is 2.77. The fourth-order valence-corrected chi connectivity index (χ4v) is 4.39. The molecule has 0 aliphatic heterocycles. The predicted octanol–water partition coefficient (Wildman–Crippen LogP) is 7.92. The molecule has 0 N–H and O–H groups in total. The molecule has 0 amide bonds. The highest BCUT2D eigenvalue weighted by Crippen LogP contribution is 2.41. The van der Waals surface area contributed by atoms with Crippen molar-refractivity contribution in [2.45, 2.75) is 22.9 Å². The van der Waals surface area contributed by atoms with E-state index in [9.17, 15) is 34.9 Å². The van der Waals surface area contributed by atoms with Crippen LogP contribution < -0.4 is 4.74 Å². The SMILES string of the molecule is COc1cc(S(=O)c2ccc(C)cc2)c(N=Nc2c(F)c(F)c(C(F)(F)F)c(F)c2F)cc1Br. The number of azo groups is 1. The maximum atomic E-state index is 14.2. The molecule has 1 unspecified atom stereocenters. The maximum Gasteiger partial charge on any atom is 0.422 e. The van der Waals surface area contributed by atoms with E-state index in [-0.39, 0.29) is 20.8 Å². The zero-order chi connectivity index (χ0) is 25.4. The zero-order valence-electron chi connectivity index (χ0n) is 17.1. The zero-order valence-corrected chi connectivity index (χ0v) is 19.5. The molecule has 1 atom stereocenters. The predicted molar refractivity (Wildman–Crippen MR) is 112 cm³/mol. The standard InChI is InChI=1S/C21H12BrF7N2O2S/c1-9-3-5-10(6-4-9)34(32)14-8-13(33-2)11(22)7-12(14)30-31-20-18(25)16(23)15(21(27,28)29)17(24)19(20)26/h3-8H,1-2H3. The van der Waals surface area contributed by atoms with Gasteiger partial charge >= 0.3 is 6.18 Å². The number of benzene rings is 3. The molecule has 0 radical (unpaired) electrons. The number of ether oxygens (including phenoxy) is 1. The summed E-state index contributed by atoms with van der Waals surface area (Å²) in [7, 11) is -0.601. The molecular formula is C21H12BrF7N2O2S. The number of alkyl halides is 3. The molecule has 0 aromatic heterocycles. The first-order chi connectivity index (χ1) is 15.9. The Morgan fingerprint density at radius 1 is 0.912 bits per heavy atom. The van der Waals surface area contributed by atoms with Crippen LogP contribution in [-0.2, 0) is 17.0 Å². The van der Waals surface area contributed by atoms with E-state index in [1.807, 2.05) is 0 Å². The van der Waals surface area contributed by atoms with E-state index >= 15 is 0 Å². The summed E-state index contributed by atoms with van der Waals surface area (Å²) in [5, 5.41) is 6.62. The molecule has 0 aliphatic rings. The quantitative estimate of drug-likeness (QED) is 0.178. The van der Waals surface area contributed by atoms with Crippen molar-refractivity contribution >= 4 is 38.1 Å². The minimum absolute atomic E-state index is 0.0543. The molecule has 3 aromatic carbocycles. The number of rotatable bonds is 5. The van der Waals surface area contributed by atoms with Crippen LogP contribution in [0.2, 0.25) is 0 Å². The van der Waals surface area contributed by atoms with Crippen LogP contribution in [0.25, 0.3) is 0 Å². The highest BCUT2D eigenvalue weighted by atomic mass is 79.9. The molecule has 0 saturated heterocycles. The van der Waals surface area contributed by atoms with E-state index in [0.717, 1.165) is 5.56 Å². The van der Waals surface area contributed by atoms with Crippen molar-refractivity contribution in [2.24, 2.45) is 10.2 Å². The number of hydrogen-bond donors (Lipinski definition) is 0. The second-order valence-corrected chi connectivity index (χ2v) is 9.02. The number of nitrogens with zero attached hydrogens (tertiary/aromatic N) is 2. The molecule has 0 heterocycles. The molecule has 0 aliphatic carbocycles. The summed E-state index contributed by atoms with van der Waals surface area (Å²) in [4.78, 5) is 0.261. The van der Waals surface area contributed by atoms with Crippen molar-refractivity contribution in [3.8, 4) is 5.75 Å². The molecule has 34 heavy (non-hydrogen) atoms. The van der Waals surface area contributed by atoms with Crippen LogP contribution in [0.15, 0.2) is 60.9 Å². The number of hydrogen-bond acceptors (Lipinski definition) is 4. The third-order valence-corrected chi connectivity index (χ3v) is 6.50. The lowest BCUT2D eigenvalue weighted by atomic mass is 10.1. The smallest absolute Gasteiger partial charge is 0.422 e. The second kappa shape index (κ2) is 9.82. The minimum atomic E-state index is -5.69. The number of methoxy groups -OCH3 is 1. The fraction of sp³-hybridized carbons (Fsp3) is 0.143. The van der Waals surface area contributed by atoms with Crippen LogP contribution in [0.4, 0.5) is 42.1 Å². The summed E-state index contributed by atoms with van der Waals surface area (Å²) in [6.45, 7) is 1.81. The van der Waals surface area contributed by atoms with Gasteiger partial charge in [-0.2, -0.15) is 13.2 Å². The normalized spacial score (nSPS) is 12.9. The lowest BCUT2D eigenvalue weighted by Crippen LogP contribution is -2.14. The second-order valence-electron chi connectivity index (χ2n) is 6.71. The molecule has 3 rings (SSSR count). The van der Waals surface area contributed by atoms with Gasteiger partial charge < -0.3 is 4.74 Å². The van der Waals surface area contributed by atoms with Crippen molar-refractivity contribution in [2.75, 3.05) is 7.11 Å². The number of halogens is 8. The van der Waals surface area contributed by atoms with Gasteiger partial charge in [0.2, 0.25) is 0 Å². The Morgan fingerprint density at radius 2 is 1.47 bits per heavy atom. The summed E-state index contributed by atoms with van der Waals surface area (Å²) in [6.07, 6.45) is -5.69. The van der Waals surface area contributed by atoms with Gasteiger partial charge in [0.1, 0.15) is 17.0 Å².